The van der Waals surface area contributed by atoms with E-state index in [0.29, 0.717) is 6.42 Å². The van der Waals surface area contributed by atoms with Gasteiger partial charge in [0.15, 0.2) is 5.78 Å². The maximum atomic E-state index is 12.8. The van der Waals surface area contributed by atoms with Gasteiger partial charge in [-0.25, -0.2) is 4.98 Å². The predicted molar refractivity (Wildman–Crippen MR) is 110 cm³/mol. The smallest absolute Gasteiger partial charge is 0.163 e. The number of Topliss-reactive ketones (excluding diaryl/α,β-unsaturated/α-hetero) is 1. The zero-order chi connectivity index (χ0) is 18.8. The summed E-state index contributed by atoms with van der Waals surface area (Å²) in [5, 5.41) is 0. The van der Waals surface area contributed by atoms with Crippen LogP contribution in [0.25, 0.3) is 16.7 Å². The molecule has 3 nitrogen and oxygen atoms in total. The van der Waals surface area contributed by atoms with Crippen LogP contribution in [0.5, 0.6) is 0 Å². The molecule has 0 spiro atoms. The molecule has 3 heteroatoms. The monoisotopic (exact) mass is 354 g/mol. The quantitative estimate of drug-likeness (QED) is 0.430. The number of carbonyl (C=O) groups is 1. The van der Waals surface area contributed by atoms with E-state index in [1.54, 1.807) is 0 Å². The zero-order valence-electron chi connectivity index (χ0n) is 15.6. The third-order valence-corrected chi connectivity index (χ3v) is 5.01. The first-order chi connectivity index (χ1) is 13.1. The van der Waals surface area contributed by atoms with Crippen LogP contribution in [0.15, 0.2) is 79.1 Å². The van der Waals surface area contributed by atoms with Gasteiger partial charge >= 0.3 is 0 Å². The van der Waals surface area contributed by atoms with Gasteiger partial charge in [-0.15, -0.1) is 0 Å². The first kappa shape index (κ1) is 17.2. The number of benzene rings is 3. The Morgan fingerprint density at radius 1 is 1.00 bits per heavy atom. The second-order valence-electron chi connectivity index (χ2n) is 7.10. The van der Waals surface area contributed by atoms with Crippen LogP contribution in [0.2, 0.25) is 0 Å². The molecular formula is C24H22N2O. The molecule has 1 heterocycles. The van der Waals surface area contributed by atoms with Crippen LogP contribution in [0, 0.1) is 6.92 Å². The number of nitrogens with zero attached hydrogens (tertiary/aromatic N) is 2. The number of ketones is 1. The number of aryl methyl sites for hydroxylation is 1. The lowest BCUT2D eigenvalue weighted by Gasteiger charge is -2.11. The highest BCUT2D eigenvalue weighted by atomic mass is 16.1. The largest absolute Gasteiger partial charge is 0.299 e. The van der Waals surface area contributed by atoms with Gasteiger partial charge in [-0.05, 0) is 54.3 Å². The van der Waals surface area contributed by atoms with Crippen molar-refractivity contribution in [3.8, 4) is 5.69 Å². The molecule has 0 saturated carbocycles. The zero-order valence-corrected chi connectivity index (χ0v) is 15.6. The van der Waals surface area contributed by atoms with E-state index >= 15 is 0 Å². The average Bonchev–Trinajstić information content (AvgIpc) is 3.12. The molecule has 27 heavy (non-hydrogen) atoms. The first-order valence-corrected chi connectivity index (χ1v) is 9.24. The Kier molecular flexibility index (Phi) is 4.59. The highest BCUT2D eigenvalue weighted by Crippen LogP contribution is 2.24. The van der Waals surface area contributed by atoms with Gasteiger partial charge in [-0.2, -0.15) is 0 Å². The summed E-state index contributed by atoms with van der Waals surface area (Å²) < 4.78 is 2.06. The van der Waals surface area contributed by atoms with Crippen LogP contribution in [-0.4, -0.2) is 15.3 Å². The van der Waals surface area contributed by atoms with Gasteiger partial charge in [0.2, 0.25) is 0 Å². The molecule has 0 N–H and O–H groups in total. The van der Waals surface area contributed by atoms with Gasteiger partial charge in [0.05, 0.1) is 11.0 Å². The number of carbonyl (C=O) groups excluding carboxylic acids is 1. The van der Waals surface area contributed by atoms with Crippen LogP contribution in [0.3, 0.4) is 0 Å². The molecule has 3 aromatic carbocycles. The van der Waals surface area contributed by atoms with Crippen LogP contribution in [0.4, 0.5) is 0 Å². The minimum Gasteiger partial charge on any atom is -0.299 e. The van der Waals surface area contributed by atoms with E-state index in [0.717, 1.165) is 22.3 Å². The Labute approximate surface area is 159 Å². The molecule has 0 amide bonds. The second-order valence-corrected chi connectivity index (χ2v) is 7.10. The molecule has 4 aromatic rings. The van der Waals surface area contributed by atoms with Crippen molar-refractivity contribution in [3.05, 3.63) is 95.8 Å². The van der Waals surface area contributed by atoms with Crippen molar-refractivity contribution < 1.29 is 4.79 Å². The van der Waals surface area contributed by atoms with Gasteiger partial charge in [-0.1, -0.05) is 49.4 Å². The summed E-state index contributed by atoms with van der Waals surface area (Å²) in [4.78, 5) is 17.3. The van der Waals surface area contributed by atoms with Gasteiger partial charge in [0.25, 0.3) is 0 Å². The van der Waals surface area contributed by atoms with Gasteiger partial charge in [0.1, 0.15) is 6.33 Å². The number of hydrogen-bond donors (Lipinski definition) is 0. The van der Waals surface area contributed by atoms with E-state index in [-0.39, 0.29) is 11.7 Å². The summed E-state index contributed by atoms with van der Waals surface area (Å²) >= 11 is 0. The molecule has 1 aromatic heterocycles. The molecule has 134 valence electrons. The second kappa shape index (κ2) is 7.20. The fraction of sp³-hybridized carbons (Fsp3) is 0.167. The van der Waals surface area contributed by atoms with Gasteiger partial charge in [-0.3, -0.25) is 9.36 Å². The SMILES string of the molecule is Cc1cccc(-n2cnc3cc(C(=O)CC(C)c4ccccc4)ccc32)c1. The molecule has 0 fully saturated rings. The highest BCUT2D eigenvalue weighted by molar-refractivity contribution is 5.99. The molecule has 0 aliphatic heterocycles. The third kappa shape index (κ3) is 3.54. The fourth-order valence-corrected chi connectivity index (χ4v) is 3.47. The normalized spacial score (nSPS) is 12.2. The Bertz CT molecular complexity index is 1100. The van der Waals surface area contributed by atoms with Crippen LogP contribution < -0.4 is 0 Å². The Balaban J connectivity index is 1.60. The van der Waals surface area contributed by atoms with Gasteiger partial charge in [0, 0.05) is 17.7 Å². The van der Waals surface area contributed by atoms with Crippen molar-refractivity contribution >= 4 is 16.8 Å². The number of rotatable bonds is 5. The fourth-order valence-electron chi connectivity index (χ4n) is 3.47. The molecule has 1 unspecified atom stereocenters. The van der Waals surface area contributed by atoms with Crippen LogP contribution in [0.1, 0.15) is 40.7 Å². The van der Waals surface area contributed by atoms with Crippen molar-refractivity contribution in [1.29, 1.82) is 0 Å². The minimum atomic E-state index is 0.151. The summed E-state index contributed by atoms with van der Waals surface area (Å²) in [5.41, 5.74) is 6.05. The lowest BCUT2D eigenvalue weighted by atomic mass is 9.93. The molecule has 0 saturated heterocycles. The molecule has 0 aliphatic carbocycles. The van der Waals surface area contributed by atoms with Crippen LogP contribution in [-0.2, 0) is 0 Å². The Hall–Kier alpha value is -3.20. The Morgan fingerprint density at radius 2 is 1.81 bits per heavy atom. The summed E-state index contributed by atoms with van der Waals surface area (Å²) in [5.74, 6) is 0.345. The number of hydrogen-bond acceptors (Lipinski definition) is 2. The highest BCUT2D eigenvalue weighted by Gasteiger charge is 2.14. The van der Waals surface area contributed by atoms with Crippen molar-refractivity contribution in [2.45, 2.75) is 26.2 Å². The van der Waals surface area contributed by atoms with Crippen molar-refractivity contribution in [1.82, 2.24) is 9.55 Å². The predicted octanol–water partition coefficient (Wildman–Crippen LogP) is 5.71. The molecular weight excluding hydrogens is 332 g/mol. The first-order valence-electron chi connectivity index (χ1n) is 9.24. The van der Waals surface area contributed by atoms with Gasteiger partial charge < -0.3 is 0 Å². The summed E-state index contributed by atoms with van der Waals surface area (Å²) in [6.07, 6.45) is 2.31. The van der Waals surface area contributed by atoms with Crippen molar-refractivity contribution in [3.63, 3.8) is 0 Å². The van der Waals surface area contributed by atoms with E-state index in [4.69, 9.17) is 0 Å². The standard InChI is InChI=1S/C24H22N2O/c1-17-7-6-10-21(13-17)26-16-25-22-15-20(11-12-23(22)26)24(27)14-18(2)19-8-4-3-5-9-19/h3-13,15-16,18H,14H2,1-2H3. The molecule has 0 bridgehead atoms. The number of fused-ring (bicyclic) bond motifs is 1. The molecule has 0 radical (unpaired) electrons. The molecule has 0 aliphatic rings. The van der Waals surface area contributed by atoms with E-state index in [1.807, 2.05) is 48.8 Å². The Morgan fingerprint density at radius 3 is 2.59 bits per heavy atom. The third-order valence-electron chi connectivity index (χ3n) is 5.01. The topological polar surface area (TPSA) is 34.9 Å². The van der Waals surface area contributed by atoms with Crippen molar-refractivity contribution in [2.75, 3.05) is 0 Å². The number of imidazole rings is 1. The minimum absolute atomic E-state index is 0.151. The van der Waals surface area contributed by atoms with Crippen molar-refractivity contribution in [2.24, 2.45) is 0 Å². The van der Waals surface area contributed by atoms with E-state index < -0.39 is 0 Å². The lowest BCUT2D eigenvalue weighted by Crippen LogP contribution is -2.05. The molecule has 1 atom stereocenters. The van der Waals surface area contributed by atoms with E-state index in [2.05, 4.69) is 53.7 Å². The lowest BCUT2D eigenvalue weighted by molar-refractivity contribution is 0.0976. The summed E-state index contributed by atoms with van der Waals surface area (Å²) in [7, 11) is 0. The van der Waals surface area contributed by atoms with E-state index in [9.17, 15) is 4.79 Å². The maximum absolute atomic E-state index is 12.8. The molecule has 4 rings (SSSR count). The maximum Gasteiger partial charge on any atom is 0.163 e. The van der Waals surface area contributed by atoms with E-state index in [1.165, 1.54) is 11.1 Å². The summed E-state index contributed by atoms with van der Waals surface area (Å²) in [6.45, 7) is 4.17. The average molecular weight is 354 g/mol. The summed E-state index contributed by atoms with van der Waals surface area (Å²) in [6, 6.07) is 24.3. The van der Waals surface area contributed by atoms with Crippen LogP contribution >= 0.6 is 0 Å². The number of aromatic nitrogens is 2.